The molecule has 2 aromatic rings. The van der Waals surface area contributed by atoms with E-state index in [0.29, 0.717) is 18.7 Å². The highest BCUT2D eigenvalue weighted by Gasteiger charge is 2.09. The fraction of sp³-hybridized carbons (Fsp3) is 0.417. The SMILES string of the molecule is COC(=O)CN(C)CCn1nc2ccccn2c1=O. The number of carbonyl (C=O) groups excluding carboxylic acids is 1. The topological polar surface area (TPSA) is 68.8 Å². The van der Waals surface area contributed by atoms with E-state index in [9.17, 15) is 9.59 Å². The molecule has 7 heteroatoms. The predicted octanol–water partition coefficient (Wildman–Crippen LogP) is -0.399. The molecule has 0 aliphatic rings. The Bertz CT molecular complexity index is 631. The lowest BCUT2D eigenvalue weighted by atomic mass is 10.5. The van der Waals surface area contributed by atoms with E-state index < -0.39 is 0 Å². The van der Waals surface area contributed by atoms with Crippen LogP contribution in [0.15, 0.2) is 29.2 Å². The second-order valence-electron chi connectivity index (χ2n) is 4.25. The Kier molecular flexibility index (Phi) is 3.96. The highest BCUT2D eigenvalue weighted by Crippen LogP contribution is 1.95. The highest BCUT2D eigenvalue weighted by molar-refractivity contribution is 5.71. The molecule has 2 aromatic heterocycles. The molecule has 0 fully saturated rings. The van der Waals surface area contributed by atoms with Gasteiger partial charge in [-0.05, 0) is 19.2 Å². The number of hydrogen-bond acceptors (Lipinski definition) is 5. The fourth-order valence-corrected chi connectivity index (χ4v) is 1.74. The summed E-state index contributed by atoms with van der Waals surface area (Å²) in [5.74, 6) is -0.301. The third kappa shape index (κ3) is 3.00. The van der Waals surface area contributed by atoms with E-state index >= 15 is 0 Å². The minimum Gasteiger partial charge on any atom is -0.468 e. The molecule has 0 atom stereocenters. The average Bonchev–Trinajstić information content (AvgIpc) is 2.73. The van der Waals surface area contributed by atoms with Crippen molar-refractivity contribution in [2.75, 3.05) is 27.2 Å². The first-order chi connectivity index (χ1) is 9.11. The van der Waals surface area contributed by atoms with Gasteiger partial charge in [0.25, 0.3) is 0 Å². The van der Waals surface area contributed by atoms with Crippen LogP contribution in [0.25, 0.3) is 5.65 Å². The van der Waals surface area contributed by atoms with E-state index in [1.807, 2.05) is 6.07 Å². The molecule has 0 aliphatic heterocycles. The molecule has 0 aliphatic carbocycles. The standard InChI is InChI=1S/C12H16N4O3/c1-14(9-11(17)19-2)7-8-16-12(18)15-6-4-3-5-10(15)13-16/h3-6H,7-9H2,1-2H3. The zero-order valence-corrected chi connectivity index (χ0v) is 10.9. The Morgan fingerprint density at radius 2 is 2.26 bits per heavy atom. The summed E-state index contributed by atoms with van der Waals surface area (Å²) in [7, 11) is 3.14. The Hall–Kier alpha value is -2.15. The molecule has 0 unspecified atom stereocenters. The summed E-state index contributed by atoms with van der Waals surface area (Å²) in [5, 5.41) is 4.21. The zero-order valence-electron chi connectivity index (χ0n) is 10.9. The predicted molar refractivity (Wildman–Crippen MR) is 69.0 cm³/mol. The van der Waals surface area contributed by atoms with E-state index in [0.717, 1.165) is 0 Å². The second-order valence-corrected chi connectivity index (χ2v) is 4.25. The molecule has 0 amide bonds. The Balaban J connectivity index is 2.04. The van der Waals surface area contributed by atoms with Crippen molar-refractivity contribution in [2.45, 2.75) is 6.54 Å². The smallest absolute Gasteiger partial charge is 0.350 e. The number of hydrogen-bond donors (Lipinski definition) is 0. The normalized spacial score (nSPS) is 11.1. The van der Waals surface area contributed by atoms with Gasteiger partial charge in [-0.15, -0.1) is 5.10 Å². The number of rotatable bonds is 5. The van der Waals surface area contributed by atoms with Gasteiger partial charge in [-0.25, -0.2) is 9.48 Å². The van der Waals surface area contributed by atoms with Crippen LogP contribution >= 0.6 is 0 Å². The molecular formula is C12H16N4O3. The van der Waals surface area contributed by atoms with Crippen LogP contribution in [0.4, 0.5) is 0 Å². The molecule has 0 saturated carbocycles. The first-order valence-electron chi connectivity index (χ1n) is 5.91. The quantitative estimate of drug-likeness (QED) is 0.687. The summed E-state index contributed by atoms with van der Waals surface area (Å²) in [5.41, 5.74) is 0.435. The van der Waals surface area contributed by atoms with Gasteiger partial charge in [-0.2, -0.15) is 0 Å². The molecule has 2 heterocycles. The molecule has 0 bridgehead atoms. The number of esters is 1. The molecule has 0 aromatic carbocycles. The molecule has 0 radical (unpaired) electrons. The summed E-state index contributed by atoms with van der Waals surface area (Å²) in [6.45, 7) is 1.16. The van der Waals surface area contributed by atoms with Gasteiger partial charge < -0.3 is 4.74 Å². The molecule has 0 saturated heterocycles. The van der Waals surface area contributed by atoms with Gasteiger partial charge in [0.05, 0.1) is 20.2 Å². The van der Waals surface area contributed by atoms with Crippen LogP contribution in [-0.2, 0) is 16.1 Å². The molecule has 2 rings (SSSR count). The monoisotopic (exact) mass is 264 g/mol. The van der Waals surface area contributed by atoms with Crippen LogP contribution in [0.3, 0.4) is 0 Å². The van der Waals surface area contributed by atoms with E-state index in [4.69, 9.17) is 0 Å². The van der Waals surface area contributed by atoms with E-state index in [-0.39, 0.29) is 18.2 Å². The lowest BCUT2D eigenvalue weighted by Crippen LogP contribution is -2.32. The van der Waals surface area contributed by atoms with Gasteiger partial charge in [0, 0.05) is 12.7 Å². The molecule has 0 N–H and O–H groups in total. The second kappa shape index (κ2) is 5.66. The van der Waals surface area contributed by atoms with Gasteiger partial charge in [0.15, 0.2) is 5.65 Å². The van der Waals surface area contributed by atoms with Gasteiger partial charge in [0.2, 0.25) is 0 Å². The van der Waals surface area contributed by atoms with Crippen molar-refractivity contribution in [1.29, 1.82) is 0 Å². The molecular weight excluding hydrogens is 248 g/mol. The summed E-state index contributed by atoms with van der Waals surface area (Å²) in [4.78, 5) is 24.8. The Morgan fingerprint density at radius 1 is 1.47 bits per heavy atom. The lowest BCUT2D eigenvalue weighted by Gasteiger charge is -2.13. The van der Waals surface area contributed by atoms with Crippen LogP contribution in [0.2, 0.25) is 0 Å². The van der Waals surface area contributed by atoms with E-state index in [1.165, 1.54) is 16.2 Å². The first-order valence-corrected chi connectivity index (χ1v) is 5.91. The van der Waals surface area contributed by atoms with Gasteiger partial charge >= 0.3 is 11.7 Å². The van der Waals surface area contributed by atoms with E-state index in [2.05, 4.69) is 9.84 Å². The zero-order chi connectivity index (χ0) is 13.8. The number of methoxy groups -OCH3 is 1. The summed E-state index contributed by atoms with van der Waals surface area (Å²) < 4.78 is 7.45. The number of nitrogens with zero attached hydrogens (tertiary/aromatic N) is 4. The maximum atomic E-state index is 12.0. The number of fused-ring (bicyclic) bond motifs is 1. The van der Waals surface area contributed by atoms with Crippen LogP contribution in [0, 0.1) is 0 Å². The van der Waals surface area contributed by atoms with Crippen LogP contribution in [0.5, 0.6) is 0 Å². The highest BCUT2D eigenvalue weighted by atomic mass is 16.5. The number of carbonyl (C=O) groups is 1. The maximum absolute atomic E-state index is 12.0. The number of ether oxygens (including phenoxy) is 1. The van der Waals surface area contributed by atoms with Crippen molar-refractivity contribution in [2.24, 2.45) is 0 Å². The molecule has 102 valence electrons. The van der Waals surface area contributed by atoms with Crippen LogP contribution in [0.1, 0.15) is 0 Å². The average molecular weight is 264 g/mol. The summed E-state index contributed by atoms with van der Waals surface area (Å²) in [6, 6.07) is 5.38. The largest absolute Gasteiger partial charge is 0.468 e. The third-order valence-corrected chi connectivity index (χ3v) is 2.81. The number of aromatic nitrogens is 3. The van der Waals surface area contributed by atoms with Crippen molar-refractivity contribution in [3.63, 3.8) is 0 Å². The Morgan fingerprint density at radius 3 is 2.95 bits per heavy atom. The fourth-order valence-electron chi connectivity index (χ4n) is 1.74. The van der Waals surface area contributed by atoms with Crippen molar-refractivity contribution < 1.29 is 9.53 Å². The molecule has 0 spiro atoms. The van der Waals surface area contributed by atoms with Gasteiger partial charge in [0.1, 0.15) is 0 Å². The minimum absolute atomic E-state index is 0.179. The van der Waals surface area contributed by atoms with Crippen LogP contribution < -0.4 is 5.69 Å². The van der Waals surface area contributed by atoms with Crippen LogP contribution in [-0.4, -0.2) is 52.3 Å². The van der Waals surface area contributed by atoms with Gasteiger partial charge in [-0.3, -0.25) is 14.1 Å². The maximum Gasteiger partial charge on any atom is 0.350 e. The third-order valence-electron chi connectivity index (χ3n) is 2.81. The van der Waals surface area contributed by atoms with E-state index in [1.54, 1.807) is 30.3 Å². The van der Waals surface area contributed by atoms with Crippen molar-refractivity contribution in [1.82, 2.24) is 19.1 Å². The molecule has 19 heavy (non-hydrogen) atoms. The van der Waals surface area contributed by atoms with Crippen molar-refractivity contribution in [3.8, 4) is 0 Å². The number of pyridine rings is 1. The minimum atomic E-state index is -0.301. The number of likely N-dealkylation sites (N-methyl/N-ethyl adjacent to an activating group) is 1. The molecule has 7 nitrogen and oxygen atoms in total. The summed E-state index contributed by atoms with van der Waals surface area (Å²) >= 11 is 0. The summed E-state index contributed by atoms with van der Waals surface area (Å²) in [6.07, 6.45) is 1.68. The van der Waals surface area contributed by atoms with Crippen molar-refractivity contribution in [3.05, 3.63) is 34.9 Å². The lowest BCUT2D eigenvalue weighted by molar-refractivity contribution is -0.141. The van der Waals surface area contributed by atoms with Gasteiger partial charge in [-0.1, -0.05) is 6.07 Å². The first kappa shape index (κ1) is 13.3. The van der Waals surface area contributed by atoms with Crippen molar-refractivity contribution >= 4 is 11.6 Å². The Labute approximate surface area is 110 Å².